The number of anilines is 2. The third-order valence-electron chi connectivity index (χ3n) is 5.38. The Balaban J connectivity index is 1.50. The molecule has 35 heavy (non-hydrogen) atoms. The lowest BCUT2D eigenvalue weighted by Gasteiger charge is -2.11. The largest absolute Gasteiger partial charge is 0.326 e. The van der Waals surface area contributed by atoms with E-state index >= 15 is 0 Å². The van der Waals surface area contributed by atoms with E-state index in [1.807, 2.05) is 0 Å². The van der Waals surface area contributed by atoms with Crippen LogP contribution in [0.2, 0.25) is 15.1 Å². The van der Waals surface area contributed by atoms with Crippen LogP contribution >= 0.6 is 58.0 Å². The van der Waals surface area contributed by atoms with Gasteiger partial charge in [0.25, 0.3) is 11.6 Å². The molecule has 12 heteroatoms. The molecule has 0 bridgehead atoms. The first-order valence-electron chi connectivity index (χ1n) is 9.97. The van der Waals surface area contributed by atoms with Gasteiger partial charge in [0, 0.05) is 39.3 Å². The fraction of sp³-hybridized carbons (Fsp3) is 0.130. The number of nitro groups is 1. The number of nitrogens with one attached hydrogen (secondary N) is 2. The van der Waals surface area contributed by atoms with Gasteiger partial charge in [0.05, 0.1) is 21.6 Å². The Kier molecular flexibility index (Phi) is 7.18. The number of benzene rings is 3. The number of amides is 2. The minimum absolute atomic E-state index is 0.0692. The molecule has 0 heterocycles. The van der Waals surface area contributed by atoms with Gasteiger partial charge in [-0.2, -0.15) is 0 Å². The highest BCUT2D eigenvalue weighted by Crippen LogP contribution is 2.65. The molecule has 7 nitrogen and oxygen atoms in total. The number of nitrogens with zero attached hydrogens (tertiary/aromatic N) is 1. The average molecular weight is 574 g/mol. The molecule has 0 radical (unpaired) electrons. The number of halogens is 5. The Morgan fingerprint density at radius 3 is 2.26 bits per heavy atom. The van der Waals surface area contributed by atoms with Gasteiger partial charge in [-0.25, -0.2) is 0 Å². The highest BCUT2D eigenvalue weighted by atomic mass is 35.5. The molecule has 3 aromatic rings. The van der Waals surface area contributed by atoms with Crippen LogP contribution in [0.25, 0.3) is 0 Å². The first-order valence-corrected chi connectivity index (χ1v) is 11.9. The SMILES string of the molecule is O=C(Nc1cc(NC(=O)C2C(c3cc(Cl)cc(Cl)c3)C2(Cl)Cl)ccc1Cl)c1cccc([N+](=O)[O-])c1. The number of nitro benzene ring substituents is 1. The zero-order chi connectivity index (χ0) is 25.5. The quantitative estimate of drug-likeness (QED) is 0.183. The second-order valence-corrected chi connectivity index (χ2v) is 10.5. The van der Waals surface area contributed by atoms with Crippen LogP contribution in [-0.2, 0) is 4.79 Å². The van der Waals surface area contributed by atoms with Crippen LogP contribution < -0.4 is 10.6 Å². The van der Waals surface area contributed by atoms with Crippen LogP contribution in [0.1, 0.15) is 21.8 Å². The lowest BCUT2D eigenvalue weighted by molar-refractivity contribution is -0.384. The molecule has 1 aliphatic rings. The predicted octanol–water partition coefficient (Wildman–Crippen LogP) is 7.33. The molecule has 0 spiro atoms. The molecular formula is C23H14Cl5N3O4. The van der Waals surface area contributed by atoms with E-state index in [1.165, 1.54) is 30.3 Å². The highest BCUT2D eigenvalue weighted by molar-refractivity contribution is 6.53. The van der Waals surface area contributed by atoms with Crippen molar-refractivity contribution in [3.05, 3.63) is 97.0 Å². The van der Waals surface area contributed by atoms with Crippen LogP contribution in [0.5, 0.6) is 0 Å². The van der Waals surface area contributed by atoms with E-state index in [0.717, 1.165) is 6.07 Å². The van der Waals surface area contributed by atoms with Gasteiger partial charge in [-0.15, -0.1) is 23.2 Å². The van der Waals surface area contributed by atoms with Gasteiger partial charge in [0.15, 0.2) is 0 Å². The fourth-order valence-corrected chi connectivity index (χ4v) is 5.23. The third kappa shape index (κ3) is 5.50. The van der Waals surface area contributed by atoms with Crippen molar-refractivity contribution in [1.82, 2.24) is 0 Å². The number of non-ortho nitro benzene ring substituents is 1. The molecule has 0 aliphatic heterocycles. The summed E-state index contributed by atoms with van der Waals surface area (Å²) >= 11 is 31.1. The minimum atomic E-state index is -1.36. The van der Waals surface area contributed by atoms with Gasteiger partial charge in [-0.05, 0) is 48.0 Å². The molecular weight excluding hydrogens is 560 g/mol. The summed E-state index contributed by atoms with van der Waals surface area (Å²) in [6.45, 7) is 0. The van der Waals surface area contributed by atoms with E-state index in [0.29, 0.717) is 21.3 Å². The van der Waals surface area contributed by atoms with Gasteiger partial charge in [0.2, 0.25) is 5.91 Å². The van der Waals surface area contributed by atoms with Gasteiger partial charge in [-0.3, -0.25) is 19.7 Å². The molecule has 2 unspecified atom stereocenters. The molecule has 4 rings (SSSR count). The standard InChI is InChI=1S/C23H14Cl5N3O4/c24-13-6-12(7-14(25)9-13)19-20(23(19,27)28)22(33)29-15-4-5-17(26)18(10-15)30-21(32)11-2-1-3-16(8-11)31(34)35/h1-10,19-20H,(H,29,33)(H,30,32). The monoisotopic (exact) mass is 571 g/mol. The second-order valence-electron chi connectivity index (χ2n) is 7.78. The Hall–Kier alpha value is -2.55. The van der Waals surface area contributed by atoms with Crippen molar-refractivity contribution in [2.45, 2.75) is 10.3 Å². The average Bonchev–Trinajstić information content (AvgIpc) is 3.37. The topological polar surface area (TPSA) is 101 Å². The van der Waals surface area contributed by atoms with Crippen LogP contribution in [0.15, 0.2) is 60.7 Å². The van der Waals surface area contributed by atoms with Crippen molar-refractivity contribution in [2.75, 3.05) is 10.6 Å². The van der Waals surface area contributed by atoms with Crippen molar-refractivity contribution in [3.8, 4) is 0 Å². The van der Waals surface area contributed by atoms with Gasteiger partial charge in [0.1, 0.15) is 4.33 Å². The lowest BCUT2D eigenvalue weighted by Crippen LogP contribution is -2.17. The van der Waals surface area contributed by atoms with Crippen molar-refractivity contribution < 1.29 is 14.5 Å². The Morgan fingerprint density at radius 2 is 1.60 bits per heavy atom. The van der Waals surface area contributed by atoms with E-state index in [4.69, 9.17) is 58.0 Å². The molecule has 2 atom stereocenters. The summed E-state index contributed by atoms with van der Waals surface area (Å²) in [6, 6.07) is 14.6. The highest BCUT2D eigenvalue weighted by Gasteiger charge is 2.67. The molecule has 0 aromatic heterocycles. The molecule has 3 aromatic carbocycles. The Labute approximate surface area is 224 Å². The summed E-state index contributed by atoms with van der Waals surface area (Å²) in [7, 11) is 0. The number of rotatable bonds is 6. The number of hydrogen-bond donors (Lipinski definition) is 2. The lowest BCUT2D eigenvalue weighted by atomic mass is 10.1. The van der Waals surface area contributed by atoms with Crippen LogP contribution in [-0.4, -0.2) is 21.1 Å². The molecule has 0 saturated heterocycles. The van der Waals surface area contributed by atoms with Crippen molar-refractivity contribution in [2.24, 2.45) is 5.92 Å². The van der Waals surface area contributed by atoms with E-state index in [-0.39, 0.29) is 22.0 Å². The Bertz CT molecular complexity index is 1340. The predicted molar refractivity (Wildman–Crippen MR) is 138 cm³/mol. The van der Waals surface area contributed by atoms with Crippen molar-refractivity contribution in [1.29, 1.82) is 0 Å². The summed E-state index contributed by atoms with van der Waals surface area (Å²) in [4.78, 5) is 35.9. The van der Waals surface area contributed by atoms with E-state index in [1.54, 1.807) is 24.3 Å². The summed E-state index contributed by atoms with van der Waals surface area (Å²) in [5.74, 6) is -2.37. The van der Waals surface area contributed by atoms with E-state index in [2.05, 4.69) is 10.6 Å². The fourth-order valence-electron chi connectivity index (χ4n) is 3.70. The molecule has 2 amide bonds. The maximum absolute atomic E-state index is 13.0. The summed E-state index contributed by atoms with van der Waals surface area (Å²) < 4.78 is -1.36. The van der Waals surface area contributed by atoms with Crippen LogP contribution in [0.3, 0.4) is 0 Å². The van der Waals surface area contributed by atoms with Gasteiger partial charge >= 0.3 is 0 Å². The van der Waals surface area contributed by atoms with Gasteiger partial charge < -0.3 is 10.6 Å². The molecule has 1 saturated carbocycles. The zero-order valence-corrected chi connectivity index (χ0v) is 21.2. The molecule has 180 valence electrons. The molecule has 2 N–H and O–H groups in total. The molecule has 1 fully saturated rings. The molecule has 1 aliphatic carbocycles. The third-order valence-corrected chi connectivity index (χ3v) is 7.09. The number of carbonyl (C=O) groups excluding carboxylic acids is 2. The summed E-state index contributed by atoms with van der Waals surface area (Å²) in [5.41, 5.74) is 0.995. The van der Waals surface area contributed by atoms with Crippen molar-refractivity contribution >= 4 is 86.9 Å². The van der Waals surface area contributed by atoms with Crippen LogP contribution in [0, 0.1) is 16.0 Å². The maximum Gasteiger partial charge on any atom is 0.270 e. The minimum Gasteiger partial charge on any atom is -0.326 e. The normalized spacial score (nSPS) is 18.0. The first-order chi connectivity index (χ1) is 16.5. The second kappa shape index (κ2) is 9.84. The van der Waals surface area contributed by atoms with Gasteiger partial charge in [-0.1, -0.05) is 40.9 Å². The van der Waals surface area contributed by atoms with E-state index in [9.17, 15) is 19.7 Å². The van der Waals surface area contributed by atoms with Crippen LogP contribution in [0.4, 0.5) is 17.1 Å². The summed E-state index contributed by atoms with van der Waals surface area (Å²) in [5, 5.41) is 17.3. The number of alkyl halides is 2. The maximum atomic E-state index is 13.0. The van der Waals surface area contributed by atoms with Crippen molar-refractivity contribution in [3.63, 3.8) is 0 Å². The number of carbonyl (C=O) groups is 2. The smallest absolute Gasteiger partial charge is 0.270 e. The number of hydrogen-bond acceptors (Lipinski definition) is 4. The Morgan fingerprint density at radius 1 is 0.914 bits per heavy atom. The van der Waals surface area contributed by atoms with E-state index < -0.39 is 32.9 Å². The summed E-state index contributed by atoms with van der Waals surface area (Å²) in [6.07, 6.45) is 0. The first kappa shape index (κ1) is 25.5. The zero-order valence-electron chi connectivity index (χ0n) is 17.4.